The van der Waals surface area contributed by atoms with E-state index in [0.717, 1.165) is 90.1 Å². The van der Waals surface area contributed by atoms with E-state index in [1.165, 1.54) is 17.0 Å². The molecule has 0 radical (unpaired) electrons. The number of anilines is 4. The molecule has 0 spiro atoms. The third-order valence-electron chi connectivity index (χ3n) is 23.3. The second kappa shape index (κ2) is 47.9. The minimum absolute atomic E-state index is 0.00434. The van der Waals surface area contributed by atoms with Gasteiger partial charge in [-0.2, -0.15) is 36.9 Å². The van der Waals surface area contributed by atoms with E-state index in [2.05, 4.69) is 21.9 Å². The van der Waals surface area contributed by atoms with Crippen LogP contribution in [-0.4, -0.2) is 187 Å². The molecule has 35 heteroatoms. The van der Waals surface area contributed by atoms with Crippen molar-refractivity contribution in [2.24, 2.45) is 22.7 Å². The Kier molecular flexibility index (Phi) is 38.1. The summed E-state index contributed by atoms with van der Waals surface area (Å²) >= 11 is 17.2. The summed E-state index contributed by atoms with van der Waals surface area (Å²) in [7, 11) is 0. The number of amides is 7. The second-order valence-electron chi connectivity index (χ2n) is 36.7. The molecule has 4 N–H and O–H groups in total. The van der Waals surface area contributed by atoms with Crippen LogP contribution in [0.15, 0.2) is 133 Å². The van der Waals surface area contributed by atoms with Crippen molar-refractivity contribution in [3.8, 4) is 36.0 Å². The van der Waals surface area contributed by atoms with Crippen molar-refractivity contribution in [1.82, 2.24) is 25.8 Å². The number of aliphatic hydroxyl groups excluding tert-OH is 1. The van der Waals surface area contributed by atoms with Gasteiger partial charge in [-0.15, -0.1) is 6.42 Å². The lowest BCUT2D eigenvalue weighted by Crippen LogP contribution is -2.58. The van der Waals surface area contributed by atoms with Crippen LogP contribution in [0.25, 0.3) is 0 Å². The van der Waals surface area contributed by atoms with Crippen LogP contribution in [0, 0.1) is 57.7 Å². The number of nitriles is 2. The first-order valence-corrected chi connectivity index (χ1v) is 45.8. The van der Waals surface area contributed by atoms with Gasteiger partial charge < -0.3 is 69.1 Å². The molecule has 4 aliphatic rings. The zero-order chi connectivity index (χ0) is 98.2. The average molecular weight is 1920 g/mol. The number of alkyl halides is 6. The first-order chi connectivity index (χ1) is 63.3. The Hall–Kier alpha value is -11.1. The van der Waals surface area contributed by atoms with Crippen LogP contribution in [0.2, 0.25) is 5.02 Å². The molecule has 26 nitrogen and oxygen atoms in total. The van der Waals surface area contributed by atoms with Gasteiger partial charge in [-0.05, 0) is 253 Å². The van der Waals surface area contributed by atoms with Gasteiger partial charge in [0.1, 0.15) is 53.9 Å². The zero-order valence-electron chi connectivity index (χ0n) is 77.3. The Morgan fingerprint density at radius 1 is 0.530 bits per heavy atom. The van der Waals surface area contributed by atoms with Crippen molar-refractivity contribution in [2.45, 2.75) is 214 Å². The molecule has 6 atom stereocenters. The lowest BCUT2D eigenvalue weighted by Gasteiger charge is -2.35. The van der Waals surface area contributed by atoms with E-state index < -0.39 is 116 Å². The number of thiocarbonyl (C=S) groups is 2. The summed E-state index contributed by atoms with van der Waals surface area (Å²) in [5, 5.41) is 38.0. The molecule has 0 unspecified atom stereocenters. The Labute approximate surface area is 794 Å². The van der Waals surface area contributed by atoms with Crippen molar-refractivity contribution >= 4 is 116 Å². The smallest absolute Gasteiger partial charge is 0.417 e. The van der Waals surface area contributed by atoms with Gasteiger partial charge in [0, 0.05) is 107 Å². The van der Waals surface area contributed by atoms with Crippen LogP contribution in [-0.2, 0) is 82.7 Å². The summed E-state index contributed by atoms with van der Waals surface area (Å²) < 4.78 is 117. The van der Waals surface area contributed by atoms with E-state index in [1.54, 1.807) is 127 Å². The van der Waals surface area contributed by atoms with E-state index in [0.29, 0.717) is 119 Å². The fourth-order valence-corrected chi connectivity index (χ4v) is 17.1. The van der Waals surface area contributed by atoms with Crippen LogP contribution < -0.4 is 45.0 Å². The minimum Gasteiger partial charge on any atom is -0.494 e. The quantitative estimate of drug-likeness (QED) is 0.0120. The Morgan fingerprint density at radius 2 is 0.933 bits per heavy atom. The van der Waals surface area contributed by atoms with Gasteiger partial charge in [-0.3, -0.25) is 48.2 Å². The van der Waals surface area contributed by atoms with E-state index in [-0.39, 0.29) is 84.3 Å². The molecule has 0 aliphatic carbocycles. The molecular formula is C99H118ClF6N11O15S2. The predicted molar refractivity (Wildman–Crippen MR) is 503 cm³/mol. The van der Waals surface area contributed by atoms with E-state index in [4.69, 9.17) is 70.9 Å². The summed E-state index contributed by atoms with van der Waals surface area (Å²) in [6.45, 7) is 24.1. The number of unbranched alkanes of at least 4 members (excludes halogenated alkanes) is 5. The molecule has 0 saturated carbocycles. The number of Topliss-reactive ketones (excluding diaryl/α,β-unsaturated/α-hetero) is 1. The number of nitrogens with one attached hydrogen (secondary N) is 3. The first-order valence-electron chi connectivity index (χ1n) is 44.6. The molecule has 720 valence electrons. The van der Waals surface area contributed by atoms with Gasteiger partial charge in [-0.25, -0.2) is 0 Å². The maximum atomic E-state index is 14.0. The van der Waals surface area contributed by atoms with E-state index >= 15 is 0 Å². The monoisotopic (exact) mass is 1910 g/mol. The molecule has 10 rings (SSSR count). The molecule has 7 amide bonds. The summed E-state index contributed by atoms with van der Waals surface area (Å²) in [6, 6.07) is 35.0. The van der Waals surface area contributed by atoms with Crippen molar-refractivity contribution in [2.75, 3.05) is 98.8 Å². The van der Waals surface area contributed by atoms with Gasteiger partial charge in [0.25, 0.3) is 11.8 Å². The Morgan fingerprint density at radius 3 is 1.37 bits per heavy atom. The number of terminal acetylenes is 1. The third-order valence-corrected chi connectivity index (χ3v) is 24.3. The fraction of sp³-hybridized carbons (Fsp3) is 0.495. The number of nitrogens with zero attached hydrogens (tertiary/aromatic N) is 8. The molecular weight excluding hydrogens is 1800 g/mol. The van der Waals surface area contributed by atoms with Gasteiger partial charge >= 0.3 is 12.4 Å². The van der Waals surface area contributed by atoms with Gasteiger partial charge in [0.2, 0.25) is 29.5 Å². The maximum Gasteiger partial charge on any atom is 0.417 e. The number of carbonyl (C=O) groups excluding carboxylic acids is 8. The van der Waals surface area contributed by atoms with Crippen molar-refractivity contribution < 1.29 is 98.2 Å². The SMILES string of the molecule is C#Cc1ccc(CNC(=O)[C@@H]2C[C@@H](O)CN2C(=O)[C@@H](NC(=O)COCCCCOCCCCCOc2ccc(N3C(=S)N(c4ccc(C#N)c(C(F)(F)F)c4)C(=O)C3(C)C)cc2)C(C)(C)C)cc1.C[C@@H]1C[C@@H](C(=O)NCc2ccc(Cl)cc2)N(C(=O)[C@@H](CC(=O)COCCCOCCCCCOc2ccc(N3C(=S)N(c4ccc(C#N)c(C(F)(F)F)c4)C(=O)C3(C)C)cc2)C(C)(C)C)C1. The number of halogens is 7. The van der Waals surface area contributed by atoms with E-state index in [1.807, 2.05) is 72.7 Å². The third kappa shape index (κ3) is 28.7. The molecule has 4 saturated heterocycles. The molecule has 0 aromatic heterocycles. The zero-order valence-corrected chi connectivity index (χ0v) is 79.7. The second-order valence-corrected chi connectivity index (χ2v) is 37.9. The highest BCUT2D eigenvalue weighted by Crippen LogP contribution is 2.44. The van der Waals surface area contributed by atoms with Crippen LogP contribution in [0.5, 0.6) is 11.5 Å². The van der Waals surface area contributed by atoms with Crippen LogP contribution in [0.1, 0.15) is 192 Å². The van der Waals surface area contributed by atoms with Gasteiger partial charge in [0.05, 0.1) is 65.1 Å². The molecule has 6 aromatic carbocycles. The number of β-amino-alcohol motifs (C(OH)–C–C–N with tert-alkyl or cyclic N) is 1. The number of ketones is 1. The highest BCUT2D eigenvalue weighted by molar-refractivity contribution is 7.81. The van der Waals surface area contributed by atoms with Crippen molar-refractivity contribution in [1.29, 1.82) is 10.5 Å². The molecule has 6 aromatic rings. The Balaban J connectivity index is 0.000000301. The summed E-state index contributed by atoms with van der Waals surface area (Å²) in [6.07, 6.45) is 2.52. The number of likely N-dealkylation sites (tertiary alicyclic amines) is 2. The highest BCUT2D eigenvalue weighted by atomic mass is 35.5. The van der Waals surface area contributed by atoms with Gasteiger partial charge in [0.15, 0.2) is 16.0 Å². The molecule has 4 heterocycles. The standard InChI is InChI=1S/C50H59F3N6O8S.C49H59ClF3N5O7S/c1-7-33-13-15-34(16-14-33)30-55-44(62)41-28-38(60)31-57(41)45(63)43(48(2,3)4)56-42(61)32-66-25-12-11-24-65-23-9-8-10-26-67-39-21-19-36(20-22-39)59-47(68)58(46(64)49(59,5)6)37-18-17-35(29-54)40(27-37)50(51,52)53;1-32-25-42(43(60)55-29-33-11-14-35(50)15-12-33)56(30-32)44(61)41(47(2,3)4)27-38(59)31-64-23-10-22-63-21-8-7-9-24-65-39-19-17-36(18-20-39)58-46(66)57(45(62)48(58,5)6)37-16-13-34(28-54)40(26-37)49(51,52)53/h1,13-22,27,38,41,43,60H,8-12,23-26,28,30-32H2,2-6H3,(H,55,62)(H,56,61);11-20,26,32,41-42H,7-10,21-25,27,29-31H2,1-6H3,(H,55,60)/t38-,41+,43-;32-,41-,42+/m11/s1. The van der Waals surface area contributed by atoms with Crippen molar-refractivity contribution in [3.63, 3.8) is 0 Å². The van der Waals surface area contributed by atoms with Crippen LogP contribution in [0.4, 0.5) is 49.1 Å². The van der Waals surface area contributed by atoms with E-state index in [9.17, 15) is 80.3 Å². The van der Waals surface area contributed by atoms with Crippen LogP contribution >= 0.6 is 36.0 Å². The largest absolute Gasteiger partial charge is 0.494 e. The molecule has 0 bridgehead atoms. The topological polar surface area (TPSA) is 315 Å². The average Bonchev–Trinajstić information content (AvgIpc) is 1.59. The minimum atomic E-state index is -4.80. The van der Waals surface area contributed by atoms with Crippen molar-refractivity contribution in [3.05, 3.63) is 177 Å². The lowest BCUT2D eigenvalue weighted by molar-refractivity contribution is -0.146. The Bertz CT molecular complexity index is 5250. The summed E-state index contributed by atoms with van der Waals surface area (Å²) in [4.78, 5) is 116. The molecule has 134 heavy (non-hydrogen) atoms. The van der Waals surface area contributed by atoms with Gasteiger partial charge in [-0.1, -0.05) is 90.3 Å². The molecule has 4 fully saturated rings. The number of benzene rings is 6. The number of carbonyl (C=O) groups is 8. The number of ether oxygens (including phenoxy) is 6. The highest BCUT2D eigenvalue weighted by Gasteiger charge is 2.54. The number of rotatable bonds is 42. The number of hydrogen-bond acceptors (Lipinski definition) is 19. The lowest BCUT2D eigenvalue weighted by atomic mass is 9.77. The summed E-state index contributed by atoms with van der Waals surface area (Å²) in [5.74, 6) is 0.350. The summed E-state index contributed by atoms with van der Waals surface area (Å²) in [5.41, 5.74) is -3.63. The fourth-order valence-electron chi connectivity index (χ4n) is 15.9. The molecule has 4 aliphatic heterocycles. The number of hydrogen-bond donors (Lipinski definition) is 4. The first kappa shape index (κ1) is 107. The normalized spacial score (nSPS) is 17.6. The predicted octanol–water partition coefficient (Wildman–Crippen LogP) is 15.9. The number of aliphatic hydroxyl groups is 1. The maximum absolute atomic E-state index is 14.0. The van der Waals surface area contributed by atoms with Crippen LogP contribution in [0.3, 0.4) is 0 Å².